The first-order valence-electron chi connectivity index (χ1n) is 6.78. The van der Waals surface area contributed by atoms with Crippen molar-refractivity contribution in [1.82, 2.24) is 10.6 Å². The number of amides is 1. The minimum atomic E-state index is -0.0756. The van der Waals surface area contributed by atoms with Crippen LogP contribution in [0.15, 0.2) is 0 Å². The topological polar surface area (TPSA) is 41.1 Å². The fraction of sp³-hybridized carbons (Fsp3) is 0.923. The zero-order valence-electron chi connectivity index (χ0n) is 10.8. The molecule has 1 saturated heterocycles. The van der Waals surface area contributed by atoms with Gasteiger partial charge >= 0.3 is 0 Å². The van der Waals surface area contributed by atoms with Crippen LogP contribution in [-0.4, -0.2) is 25.0 Å². The van der Waals surface area contributed by atoms with Crippen LogP contribution in [0.1, 0.15) is 51.9 Å². The third-order valence-electron chi connectivity index (χ3n) is 4.41. The molecule has 1 saturated carbocycles. The molecule has 0 aromatic rings. The smallest absolute Gasteiger partial charge is 0.226 e. The maximum atomic E-state index is 12.4. The minimum Gasteiger partial charge on any atom is -0.353 e. The van der Waals surface area contributed by atoms with E-state index in [0.29, 0.717) is 11.9 Å². The molecular formula is C13H25ClN2O. The Kier molecular flexibility index (Phi) is 5.74. The molecule has 4 heteroatoms. The predicted molar refractivity (Wildman–Crippen MR) is 72.5 cm³/mol. The van der Waals surface area contributed by atoms with Gasteiger partial charge in [0.05, 0.1) is 5.41 Å². The van der Waals surface area contributed by atoms with Gasteiger partial charge in [-0.3, -0.25) is 4.79 Å². The summed E-state index contributed by atoms with van der Waals surface area (Å²) in [5.74, 6) is 0.323. The quantitative estimate of drug-likeness (QED) is 0.817. The number of nitrogens with one attached hydrogen (secondary N) is 2. The van der Waals surface area contributed by atoms with Crippen LogP contribution in [0.4, 0.5) is 0 Å². The summed E-state index contributed by atoms with van der Waals surface area (Å²) in [5, 5.41) is 6.62. The van der Waals surface area contributed by atoms with E-state index < -0.39 is 0 Å². The summed E-state index contributed by atoms with van der Waals surface area (Å²) in [5.41, 5.74) is -0.0756. The van der Waals surface area contributed by atoms with Crippen LogP contribution in [0.3, 0.4) is 0 Å². The van der Waals surface area contributed by atoms with Crippen LogP contribution in [0.25, 0.3) is 0 Å². The molecule has 0 spiro atoms. The van der Waals surface area contributed by atoms with Crippen LogP contribution >= 0.6 is 12.4 Å². The summed E-state index contributed by atoms with van der Waals surface area (Å²) in [6, 6.07) is 0.464. The van der Waals surface area contributed by atoms with Gasteiger partial charge < -0.3 is 10.6 Å². The van der Waals surface area contributed by atoms with E-state index in [1.165, 1.54) is 25.7 Å². The van der Waals surface area contributed by atoms with Crippen molar-refractivity contribution < 1.29 is 4.79 Å². The van der Waals surface area contributed by atoms with E-state index in [4.69, 9.17) is 0 Å². The Labute approximate surface area is 111 Å². The van der Waals surface area contributed by atoms with Crippen molar-refractivity contribution in [2.45, 2.75) is 57.9 Å². The first-order valence-corrected chi connectivity index (χ1v) is 6.78. The van der Waals surface area contributed by atoms with Crippen LogP contribution in [0.2, 0.25) is 0 Å². The second-order valence-electron chi connectivity index (χ2n) is 5.34. The maximum absolute atomic E-state index is 12.4. The van der Waals surface area contributed by atoms with Crippen molar-refractivity contribution in [1.29, 1.82) is 0 Å². The summed E-state index contributed by atoms with van der Waals surface area (Å²) >= 11 is 0. The highest BCUT2D eigenvalue weighted by molar-refractivity contribution is 5.85. The lowest BCUT2D eigenvalue weighted by Crippen LogP contribution is -2.49. The highest BCUT2D eigenvalue weighted by Crippen LogP contribution is 2.33. The Morgan fingerprint density at radius 3 is 2.41 bits per heavy atom. The third-order valence-corrected chi connectivity index (χ3v) is 4.41. The first kappa shape index (κ1) is 14.8. The summed E-state index contributed by atoms with van der Waals surface area (Å²) in [6.07, 6.45) is 7.92. The van der Waals surface area contributed by atoms with Gasteiger partial charge in [0.2, 0.25) is 5.91 Å². The van der Waals surface area contributed by atoms with Gasteiger partial charge in [0.15, 0.2) is 0 Å². The SMILES string of the molecule is CCC1(C(=O)NC2CCCC2)CCNCC1.Cl. The van der Waals surface area contributed by atoms with E-state index in [0.717, 1.165) is 32.4 Å². The van der Waals surface area contributed by atoms with Gasteiger partial charge in [-0.25, -0.2) is 0 Å². The molecule has 1 amide bonds. The van der Waals surface area contributed by atoms with Gasteiger partial charge in [-0.1, -0.05) is 19.8 Å². The zero-order valence-corrected chi connectivity index (χ0v) is 11.6. The summed E-state index contributed by atoms with van der Waals surface area (Å²) in [7, 11) is 0. The molecule has 1 heterocycles. The van der Waals surface area contributed by atoms with Crippen molar-refractivity contribution in [3.8, 4) is 0 Å². The lowest BCUT2D eigenvalue weighted by atomic mass is 9.75. The Morgan fingerprint density at radius 2 is 1.88 bits per heavy atom. The molecule has 0 radical (unpaired) electrons. The molecule has 2 fully saturated rings. The molecule has 1 aliphatic heterocycles. The van der Waals surface area contributed by atoms with Crippen molar-refractivity contribution in [3.05, 3.63) is 0 Å². The Hall–Kier alpha value is -0.280. The second-order valence-corrected chi connectivity index (χ2v) is 5.34. The normalized spacial score (nSPS) is 24.1. The van der Waals surface area contributed by atoms with Crippen LogP contribution in [0.5, 0.6) is 0 Å². The van der Waals surface area contributed by atoms with E-state index in [2.05, 4.69) is 17.6 Å². The molecule has 2 aliphatic rings. The molecule has 100 valence electrons. The van der Waals surface area contributed by atoms with E-state index in [9.17, 15) is 4.79 Å². The number of hydrogen-bond donors (Lipinski definition) is 2. The number of carbonyl (C=O) groups excluding carboxylic acids is 1. The summed E-state index contributed by atoms with van der Waals surface area (Å²) in [6.45, 7) is 4.14. The first-order chi connectivity index (χ1) is 7.77. The van der Waals surface area contributed by atoms with Crippen LogP contribution in [0, 0.1) is 5.41 Å². The maximum Gasteiger partial charge on any atom is 0.226 e. The standard InChI is InChI=1S/C13H24N2O.ClH/c1-2-13(7-9-14-10-8-13)12(16)15-11-5-3-4-6-11;/h11,14H,2-10H2,1H3,(H,15,16);1H. The summed E-state index contributed by atoms with van der Waals surface area (Å²) in [4.78, 5) is 12.4. The Balaban J connectivity index is 0.00000144. The number of carbonyl (C=O) groups is 1. The minimum absolute atomic E-state index is 0. The van der Waals surface area contributed by atoms with Crippen LogP contribution in [-0.2, 0) is 4.79 Å². The number of halogens is 1. The molecule has 2 N–H and O–H groups in total. The van der Waals surface area contributed by atoms with Crippen molar-refractivity contribution >= 4 is 18.3 Å². The van der Waals surface area contributed by atoms with E-state index in [1.54, 1.807) is 0 Å². The van der Waals surface area contributed by atoms with E-state index in [1.807, 2.05) is 0 Å². The second kappa shape index (κ2) is 6.60. The molecule has 0 aromatic carbocycles. The lowest BCUT2D eigenvalue weighted by Gasteiger charge is -2.36. The molecule has 1 aliphatic carbocycles. The molecular weight excluding hydrogens is 236 g/mol. The zero-order chi connectivity index (χ0) is 11.4. The third kappa shape index (κ3) is 3.35. The fourth-order valence-corrected chi connectivity index (χ4v) is 3.06. The number of piperidine rings is 1. The van der Waals surface area contributed by atoms with Crippen molar-refractivity contribution in [3.63, 3.8) is 0 Å². The molecule has 0 aromatic heterocycles. The molecule has 0 atom stereocenters. The fourth-order valence-electron chi connectivity index (χ4n) is 3.06. The van der Waals surface area contributed by atoms with Gasteiger partial charge in [-0.2, -0.15) is 0 Å². The van der Waals surface area contributed by atoms with Gasteiger partial charge in [-0.15, -0.1) is 12.4 Å². The Morgan fingerprint density at radius 1 is 1.29 bits per heavy atom. The van der Waals surface area contributed by atoms with Gasteiger partial charge in [-0.05, 0) is 45.2 Å². The average molecular weight is 261 g/mol. The van der Waals surface area contributed by atoms with Gasteiger partial charge in [0.25, 0.3) is 0 Å². The van der Waals surface area contributed by atoms with Crippen LogP contribution < -0.4 is 10.6 Å². The molecule has 2 rings (SSSR count). The molecule has 0 unspecified atom stereocenters. The highest BCUT2D eigenvalue weighted by Gasteiger charge is 2.38. The number of hydrogen-bond acceptors (Lipinski definition) is 2. The van der Waals surface area contributed by atoms with E-state index in [-0.39, 0.29) is 17.8 Å². The highest BCUT2D eigenvalue weighted by atomic mass is 35.5. The van der Waals surface area contributed by atoms with Gasteiger partial charge in [0.1, 0.15) is 0 Å². The molecule has 17 heavy (non-hydrogen) atoms. The Bertz CT molecular complexity index is 246. The lowest BCUT2D eigenvalue weighted by molar-refractivity contribution is -0.133. The largest absolute Gasteiger partial charge is 0.353 e. The van der Waals surface area contributed by atoms with Gasteiger partial charge in [0, 0.05) is 6.04 Å². The van der Waals surface area contributed by atoms with Crippen molar-refractivity contribution in [2.24, 2.45) is 5.41 Å². The molecule has 0 bridgehead atoms. The predicted octanol–water partition coefficient (Wildman–Crippen LogP) is 2.25. The summed E-state index contributed by atoms with van der Waals surface area (Å²) < 4.78 is 0. The van der Waals surface area contributed by atoms with Crippen molar-refractivity contribution in [2.75, 3.05) is 13.1 Å². The van der Waals surface area contributed by atoms with E-state index >= 15 is 0 Å². The average Bonchev–Trinajstić information content (AvgIpc) is 2.82. The monoisotopic (exact) mass is 260 g/mol. The number of rotatable bonds is 3. The molecule has 3 nitrogen and oxygen atoms in total.